The first-order chi connectivity index (χ1) is 12.7. The number of rotatable bonds is 4. The summed E-state index contributed by atoms with van der Waals surface area (Å²) in [5.74, 6) is -0.405. The lowest BCUT2D eigenvalue weighted by molar-refractivity contribution is 0.0697. The average molecular weight is 342 g/mol. The minimum absolute atomic E-state index is 0.210. The minimum Gasteiger partial charge on any atom is -0.478 e. The second kappa shape index (κ2) is 6.60. The molecule has 0 saturated heterocycles. The highest BCUT2D eigenvalue weighted by atomic mass is 16.4. The lowest BCUT2D eigenvalue weighted by Crippen LogP contribution is -1.99. The van der Waals surface area contributed by atoms with Gasteiger partial charge < -0.3 is 10.4 Å². The van der Waals surface area contributed by atoms with Crippen LogP contribution >= 0.6 is 0 Å². The van der Waals surface area contributed by atoms with E-state index in [1.165, 1.54) is 0 Å². The molecule has 4 rings (SSSR count). The summed E-state index contributed by atoms with van der Waals surface area (Å²) in [5.41, 5.74) is 3.78. The highest BCUT2D eigenvalue weighted by Gasteiger charge is 2.07. The molecule has 2 N–H and O–H groups in total. The zero-order chi connectivity index (χ0) is 17.9. The molecular weight excluding hydrogens is 328 g/mol. The van der Waals surface area contributed by atoms with E-state index in [4.69, 9.17) is 5.11 Å². The van der Waals surface area contributed by atoms with Gasteiger partial charge in [-0.2, -0.15) is 0 Å². The van der Waals surface area contributed by atoms with Gasteiger partial charge in [-0.05, 0) is 30.3 Å². The molecule has 2 aromatic heterocycles. The molecule has 0 aliphatic heterocycles. The molecule has 0 fully saturated rings. The van der Waals surface area contributed by atoms with Gasteiger partial charge in [-0.25, -0.2) is 14.8 Å². The first-order valence-electron chi connectivity index (χ1n) is 7.99. The lowest BCUT2D eigenvalue weighted by atomic mass is 10.2. The van der Waals surface area contributed by atoms with Crippen LogP contribution in [0.4, 0.5) is 11.5 Å². The molecule has 0 aliphatic rings. The van der Waals surface area contributed by atoms with Crippen LogP contribution < -0.4 is 5.32 Å². The number of carboxylic acid groups (broad SMARTS) is 1. The molecule has 6 heteroatoms. The predicted octanol–water partition coefficient (Wildman–Crippen LogP) is 4.13. The number of hydrogen-bond donors (Lipinski definition) is 2. The van der Waals surface area contributed by atoms with Gasteiger partial charge in [0.15, 0.2) is 5.65 Å². The number of carboxylic acids is 1. The fraction of sp³-hybridized carbons (Fsp3) is 0. The monoisotopic (exact) mass is 342 g/mol. The number of nitrogens with one attached hydrogen (secondary N) is 1. The summed E-state index contributed by atoms with van der Waals surface area (Å²) in [4.78, 5) is 24.6. The van der Waals surface area contributed by atoms with Crippen molar-refractivity contribution in [2.45, 2.75) is 0 Å². The van der Waals surface area contributed by atoms with Crippen LogP contribution in [0.2, 0.25) is 0 Å². The predicted molar refractivity (Wildman–Crippen MR) is 99.5 cm³/mol. The van der Waals surface area contributed by atoms with Crippen LogP contribution in [0.1, 0.15) is 10.4 Å². The van der Waals surface area contributed by atoms with Gasteiger partial charge in [0.2, 0.25) is 0 Å². The Labute approximate surface area is 149 Å². The Morgan fingerprint density at radius 3 is 2.58 bits per heavy atom. The molecule has 0 unspecified atom stereocenters. The second-order valence-corrected chi connectivity index (χ2v) is 5.67. The molecule has 0 aliphatic carbocycles. The number of pyridine rings is 1. The van der Waals surface area contributed by atoms with Crippen molar-refractivity contribution >= 4 is 28.6 Å². The van der Waals surface area contributed by atoms with E-state index in [1.54, 1.807) is 36.5 Å². The van der Waals surface area contributed by atoms with E-state index in [0.717, 1.165) is 11.3 Å². The SMILES string of the molecule is O=C(O)c1cccc(Nc2ccc3ncc(-c4ccccc4)nc3n2)c1. The van der Waals surface area contributed by atoms with Crippen LogP contribution in [0.25, 0.3) is 22.4 Å². The zero-order valence-corrected chi connectivity index (χ0v) is 13.6. The fourth-order valence-electron chi connectivity index (χ4n) is 2.59. The van der Waals surface area contributed by atoms with Crippen molar-refractivity contribution in [1.82, 2.24) is 15.0 Å². The standard InChI is InChI=1S/C20H14N4O2/c25-20(26)14-7-4-8-15(11-14)22-18-10-9-16-19(24-18)23-17(12-21-16)13-5-2-1-3-6-13/h1-12H,(H,25,26)(H,22,23,24). The van der Waals surface area contributed by atoms with Crippen molar-refractivity contribution in [1.29, 1.82) is 0 Å². The summed E-state index contributed by atoms with van der Waals surface area (Å²) in [6.07, 6.45) is 1.72. The third-order valence-electron chi connectivity index (χ3n) is 3.86. The molecule has 0 radical (unpaired) electrons. The first-order valence-corrected chi connectivity index (χ1v) is 7.99. The number of nitrogens with zero attached hydrogens (tertiary/aromatic N) is 3. The minimum atomic E-state index is -0.974. The number of hydrogen-bond acceptors (Lipinski definition) is 5. The maximum absolute atomic E-state index is 11.1. The van der Waals surface area contributed by atoms with Crippen LogP contribution in [-0.2, 0) is 0 Å². The highest BCUT2D eigenvalue weighted by molar-refractivity contribution is 5.89. The molecule has 0 spiro atoms. The Hall–Kier alpha value is -3.80. The Morgan fingerprint density at radius 1 is 0.923 bits per heavy atom. The van der Waals surface area contributed by atoms with Gasteiger partial charge >= 0.3 is 5.97 Å². The summed E-state index contributed by atoms with van der Waals surface area (Å²) >= 11 is 0. The summed E-state index contributed by atoms with van der Waals surface area (Å²) in [7, 11) is 0. The molecule has 0 bridgehead atoms. The average Bonchev–Trinajstić information content (AvgIpc) is 2.68. The van der Waals surface area contributed by atoms with Gasteiger partial charge in [0.1, 0.15) is 11.3 Å². The van der Waals surface area contributed by atoms with Crippen molar-refractivity contribution < 1.29 is 9.90 Å². The van der Waals surface area contributed by atoms with Crippen LogP contribution in [0, 0.1) is 0 Å². The molecule has 4 aromatic rings. The van der Waals surface area contributed by atoms with E-state index in [-0.39, 0.29) is 5.56 Å². The molecule has 2 heterocycles. The molecule has 6 nitrogen and oxygen atoms in total. The Balaban J connectivity index is 1.68. The summed E-state index contributed by atoms with van der Waals surface area (Å²) in [5, 5.41) is 12.2. The first kappa shape index (κ1) is 15.7. The number of fused-ring (bicyclic) bond motifs is 1. The van der Waals surface area contributed by atoms with Gasteiger partial charge in [0.05, 0.1) is 17.5 Å². The molecule has 26 heavy (non-hydrogen) atoms. The molecule has 0 amide bonds. The van der Waals surface area contributed by atoms with E-state index < -0.39 is 5.97 Å². The zero-order valence-electron chi connectivity index (χ0n) is 13.6. The normalized spacial score (nSPS) is 10.6. The van der Waals surface area contributed by atoms with E-state index >= 15 is 0 Å². The smallest absolute Gasteiger partial charge is 0.335 e. The lowest BCUT2D eigenvalue weighted by Gasteiger charge is -2.08. The van der Waals surface area contributed by atoms with Crippen molar-refractivity contribution in [3.05, 3.63) is 78.5 Å². The number of benzene rings is 2. The van der Waals surface area contributed by atoms with Gasteiger partial charge in [0, 0.05) is 11.3 Å². The van der Waals surface area contributed by atoms with Crippen molar-refractivity contribution in [3.63, 3.8) is 0 Å². The van der Waals surface area contributed by atoms with Crippen LogP contribution in [0.5, 0.6) is 0 Å². The number of aromatic carboxylic acids is 1. The van der Waals surface area contributed by atoms with Crippen LogP contribution in [0.3, 0.4) is 0 Å². The molecule has 2 aromatic carbocycles. The summed E-state index contributed by atoms with van der Waals surface area (Å²) in [6.45, 7) is 0. The van der Waals surface area contributed by atoms with E-state index in [1.807, 2.05) is 36.4 Å². The van der Waals surface area contributed by atoms with Crippen molar-refractivity contribution in [2.24, 2.45) is 0 Å². The van der Waals surface area contributed by atoms with Crippen LogP contribution in [0.15, 0.2) is 72.9 Å². The molecule has 0 atom stereocenters. The Morgan fingerprint density at radius 2 is 1.77 bits per heavy atom. The molecule has 0 saturated carbocycles. The quantitative estimate of drug-likeness (QED) is 0.580. The largest absolute Gasteiger partial charge is 0.478 e. The number of aromatic nitrogens is 3. The Kier molecular flexibility index (Phi) is 3.99. The third kappa shape index (κ3) is 3.21. The Bertz CT molecular complexity index is 1100. The second-order valence-electron chi connectivity index (χ2n) is 5.67. The van der Waals surface area contributed by atoms with E-state index in [9.17, 15) is 4.79 Å². The maximum Gasteiger partial charge on any atom is 0.335 e. The fourth-order valence-corrected chi connectivity index (χ4v) is 2.59. The van der Waals surface area contributed by atoms with Crippen LogP contribution in [-0.4, -0.2) is 26.0 Å². The van der Waals surface area contributed by atoms with Crippen molar-refractivity contribution in [2.75, 3.05) is 5.32 Å². The van der Waals surface area contributed by atoms with Gasteiger partial charge in [-0.3, -0.25) is 4.98 Å². The maximum atomic E-state index is 11.1. The van der Waals surface area contributed by atoms with Gasteiger partial charge in [0.25, 0.3) is 0 Å². The number of carbonyl (C=O) groups is 1. The van der Waals surface area contributed by atoms with E-state index in [0.29, 0.717) is 22.7 Å². The highest BCUT2D eigenvalue weighted by Crippen LogP contribution is 2.21. The molecular formula is C20H14N4O2. The summed E-state index contributed by atoms with van der Waals surface area (Å²) < 4.78 is 0. The summed E-state index contributed by atoms with van der Waals surface area (Å²) in [6, 6.07) is 19.9. The van der Waals surface area contributed by atoms with E-state index in [2.05, 4.69) is 20.3 Å². The van der Waals surface area contributed by atoms with Gasteiger partial charge in [-0.1, -0.05) is 36.4 Å². The third-order valence-corrected chi connectivity index (χ3v) is 3.86. The number of anilines is 2. The topological polar surface area (TPSA) is 88.0 Å². The molecule has 126 valence electrons. The van der Waals surface area contributed by atoms with Crippen molar-refractivity contribution in [3.8, 4) is 11.3 Å². The van der Waals surface area contributed by atoms with Gasteiger partial charge in [-0.15, -0.1) is 0 Å².